The Labute approximate surface area is 323 Å². The average molecular weight is 588 g/mol. The summed E-state index contributed by atoms with van der Waals surface area (Å²) in [5.41, 5.74) is 0. The van der Waals surface area contributed by atoms with Gasteiger partial charge in [-0.05, 0) is 0 Å². The van der Waals surface area contributed by atoms with Crippen LogP contribution in [-0.4, -0.2) is 0 Å². The zero-order valence-corrected chi connectivity index (χ0v) is 34.8. The van der Waals surface area contributed by atoms with Crippen molar-refractivity contribution < 1.29 is 233 Å². The molecule has 1 aromatic carbocycles. The largest absolute Gasteiger partial charge is 1.00 e. The Bertz CT molecular complexity index is 329. The van der Waals surface area contributed by atoms with E-state index in [1.165, 1.54) is 25.7 Å². The van der Waals surface area contributed by atoms with E-state index >= 15 is 0 Å². The Hall–Kier alpha value is 7.30. The zero-order valence-electron chi connectivity index (χ0n) is 13.3. The van der Waals surface area contributed by atoms with Gasteiger partial charge in [-0.15, -0.1) is 0 Å². The van der Waals surface area contributed by atoms with E-state index in [0.29, 0.717) is 0 Å². The maximum Gasteiger partial charge on any atom is 1.00 e. The molecular weight excluding hydrogens is 572 g/mol. The van der Waals surface area contributed by atoms with Gasteiger partial charge < -0.3 is 40.5 Å². The molecule has 0 aliphatic carbocycles. The van der Waals surface area contributed by atoms with E-state index in [0.717, 1.165) is 0 Å². The van der Waals surface area contributed by atoms with E-state index < -0.39 is 0 Å². The van der Waals surface area contributed by atoms with E-state index in [1.54, 1.807) is 10.6 Å². The third kappa shape index (κ3) is 9.20. The van der Waals surface area contributed by atoms with Crippen molar-refractivity contribution in [3.63, 3.8) is 0 Å². The summed E-state index contributed by atoms with van der Waals surface area (Å²) in [6.45, 7) is 0. The molecule has 2 saturated heterocycles. The first-order valence-electron chi connectivity index (χ1n) is 5.94. The van der Waals surface area contributed by atoms with Crippen LogP contribution in [-0.2, 0) is 0 Å². The predicted octanol–water partition coefficient (Wildman–Crippen LogP) is -7.85. The van der Waals surface area contributed by atoms with Gasteiger partial charge in [-0.25, -0.2) is 25.7 Å². The molecule has 0 N–H and O–H groups in total. The van der Waals surface area contributed by atoms with Gasteiger partial charge >= 0.3 is 233 Å². The van der Waals surface area contributed by atoms with Crippen molar-refractivity contribution in [2.24, 2.45) is 0 Å². The van der Waals surface area contributed by atoms with Crippen molar-refractivity contribution in [3.05, 3.63) is 48.9 Å². The van der Waals surface area contributed by atoms with Crippen LogP contribution in [0.2, 0.25) is 0 Å². The number of benzene rings is 1. The fourth-order valence-electron chi connectivity index (χ4n) is 2.30. The summed E-state index contributed by atoms with van der Waals surface area (Å²) in [6.07, 6.45) is 15.2. The first-order valence-corrected chi connectivity index (χ1v) is 8.90. The number of rotatable bonds is 2. The van der Waals surface area contributed by atoms with Crippen LogP contribution in [0, 0.1) is 24.6 Å². The Morgan fingerprint density at radius 2 is 0.900 bits per heavy atom. The quantitative estimate of drug-likeness (QED) is 0.238. The van der Waals surface area contributed by atoms with E-state index in [9.17, 15) is 0 Å². The van der Waals surface area contributed by atoms with Gasteiger partial charge in [-0.3, -0.25) is 0 Å². The van der Waals surface area contributed by atoms with Gasteiger partial charge in [0, 0.05) is 0 Å². The standard InChI is InChI=1S/C14H16P2.4Rb/c1-2-8-14(16-11-5-6-12-16)13(7-1)15-9-3-4-10-15;;;;/h1-2,7-12H,3-6H2;;;;/q-4;4*+1. The zero-order chi connectivity index (χ0) is 10.8. The Balaban J connectivity index is 0. The van der Waals surface area contributed by atoms with Crippen molar-refractivity contribution in [2.75, 3.05) is 0 Å². The Morgan fingerprint density at radius 1 is 0.600 bits per heavy atom. The average Bonchev–Trinajstić information content (AvgIpc) is 3.03. The van der Waals surface area contributed by atoms with Crippen molar-refractivity contribution in [1.82, 2.24) is 0 Å². The van der Waals surface area contributed by atoms with Gasteiger partial charge in [-0.1, -0.05) is 34.9 Å². The van der Waals surface area contributed by atoms with Gasteiger partial charge in [0.15, 0.2) is 0 Å². The minimum absolute atomic E-state index is 0. The fraction of sp³-hybridized carbons (Fsp3) is 0.286. The summed E-state index contributed by atoms with van der Waals surface area (Å²) in [5, 5.41) is 3.24. The second-order valence-corrected chi connectivity index (χ2v) is 8.24. The van der Waals surface area contributed by atoms with Crippen LogP contribution in [0.3, 0.4) is 0 Å². The Morgan fingerprint density at radius 3 is 1.20 bits per heavy atom. The van der Waals surface area contributed by atoms with Crippen molar-refractivity contribution in [3.8, 4) is 0 Å². The summed E-state index contributed by atoms with van der Waals surface area (Å²) in [6, 6.07) is 9.10. The van der Waals surface area contributed by atoms with Crippen LogP contribution in [0.4, 0.5) is 0 Å². The monoisotopic (exact) mass is 586 g/mol. The third-order valence-corrected chi connectivity index (χ3v) is 7.75. The summed E-state index contributed by atoms with van der Waals surface area (Å²) in [7, 11) is -0.102. The van der Waals surface area contributed by atoms with Crippen molar-refractivity contribution in [1.29, 1.82) is 0 Å². The minimum Gasteiger partial charge on any atom is -0.400 e. The molecule has 2 fully saturated rings. The first kappa shape index (κ1) is 29.5. The van der Waals surface area contributed by atoms with Crippen LogP contribution in [0.25, 0.3) is 0 Å². The molecule has 0 amide bonds. The van der Waals surface area contributed by atoms with Gasteiger partial charge in [0.1, 0.15) is 0 Å². The predicted molar refractivity (Wildman–Crippen MR) is 75.2 cm³/mol. The topological polar surface area (TPSA) is 0 Å². The molecule has 0 unspecified atom stereocenters. The molecular formula is C14H16P2Rb4. The van der Waals surface area contributed by atoms with Crippen LogP contribution >= 0.6 is 15.8 Å². The number of hydrogen-bond acceptors (Lipinski definition) is 0. The second kappa shape index (κ2) is 17.2. The molecule has 2 heterocycles. The van der Waals surface area contributed by atoms with Crippen LogP contribution in [0.15, 0.2) is 24.3 Å². The Kier molecular flexibility index (Phi) is 25.3. The SMILES string of the molecule is [Rb+].[Rb+].[Rb+].[Rb+].c1ccc(P2[CH-]CC[CH-]2)c(P2[CH-]CC[CH-]2)c1. The van der Waals surface area contributed by atoms with Gasteiger partial charge in [0.05, 0.1) is 0 Å². The molecule has 0 saturated carbocycles. The molecule has 0 bridgehead atoms. The third-order valence-electron chi connectivity index (χ3n) is 3.07. The maximum atomic E-state index is 2.53. The van der Waals surface area contributed by atoms with E-state index in [1.807, 2.05) is 0 Å². The van der Waals surface area contributed by atoms with E-state index in [-0.39, 0.29) is 249 Å². The first-order chi connectivity index (χ1) is 7.95. The van der Waals surface area contributed by atoms with Crippen LogP contribution in [0.5, 0.6) is 0 Å². The van der Waals surface area contributed by atoms with Crippen molar-refractivity contribution in [2.45, 2.75) is 25.7 Å². The maximum absolute atomic E-state index is 2.53. The summed E-state index contributed by atoms with van der Waals surface area (Å²) in [4.78, 5) is 0. The molecule has 1 aromatic rings. The molecule has 0 spiro atoms. The van der Waals surface area contributed by atoms with Crippen molar-refractivity contribution >= 4 is 26.5 Å². The van der Waals surface area contributed by atoms with Gasteiger partial charge in [0.25, 0.3) is 0 Å². The molecule has 0 atom stereocenters. The molecule has 2 aliphatic heterocycles. The van der Waals surface area contributed by atoms with Crippen LogP contribution in [0.1, 0.15) is 25.7 Å². The summed E-state index contributed by atoms with van der Waals surface area (Å²) >= 11 is 0. The normalized spacial score (nSPS) is 18.4. The molecule has 0 radical (unpaired) electrons. The van der Waals surface area contributed by atoms with Gasteiger partial charge in [-0.2, -0.15) is 0 Å². The molecule has 0 nitrogen and oxygen atoms in total. The molecule has 86 valence electrons. The molecule has 6 heteroatoms. The van der Waals surface area contributed by atoms with Gasteiger partial charge in [0.2, 0.25) is 0 Å². The molecule has 2 aliphatic rings. The summed E-state index contributed by atoms with van der Waals surface area (Å²) in [5.74, 6) is 0. The molecule has 0 aromatic heterocycles. The fourth-order valence-corrected chi connectivity index (χ4v) is 6.98. The number of hydrogen-bond donors (Lipinski definition) is 0. The van der Waals surface area contributed by atoms with E-state index in [2.05, 4.69) is 48.9 Å². The second-order valence-electron chi connectivity index (χ2n) is 4.19. The molecule has 20 heavy (non-hydrogen) atoms. The van der Waals surface area contributed by atoms with E-state index in [4.69, 9.17) is 0 Å². The minimum atomic E-state index is -0.0509. The van der Waals surface area contributed by atoms with Crippen LogP contribution < -0.4 is 243 Å². The summed E-state index contributed by atoms with van der Waals surface area (Å²) < 4.78 is 0. The smallest absolute Gasteiger partial charge is 0.400 e. The molecule has 3 rings (SSSR count).